The summed E-state index contributed by atoms with van der Waals surface area (Å²) in [4.78, 5) is 12.7. The molecule has 5 heteroatoms. The number of nitrogen functional groups attached to an aromatic ring is 1. The minimum atomic E-state index is -0.0214. The molecule has 4 N–H and O–H groups in total. The first kappa shape index (κ1) is 14.8. The highest BCUT2D eigenvalue weighted by atomic mass is 32.1. The molecule has 2 rings (SSSR count). The van der Waals surface area contributed by atoms with Crippen molar-refractivity contribution in [2.45, 2.75) is 25.7 Å². The number of anilines is 1. The van der Waals surface area contributed by atoms with Crippen molar-refractivity contribution in [3.8, 4) is 0 Å². The van der Waals surface area contributed by atoms with E-state index in [1.807, 2.05) is 24.3 Å². The zero-order valence-electron chi connectivity index (χ0n) is 11.4. The van der Waals surface area contributed by atoms with Gasteiger partial charge in [-0.2, -0.15) is 0 Å². The lowest BCUT2D eigenvalue weighted by molar-refractivity contribution is 0.0957. The third-order valence-electron chi connectivity index (χ3n) is 3.13. The van der Waals surface area contributed by atoms with Crippen molar-refractivity contribution in [3.05, 3.63) is 29.1 Å². The van der Waals surface area contributed by atoms with Gasteiger partial charge in [0.15, 0.2) is 0 Å². The van der Waals surface area contributed by atoms with Gasteiger partial charge in [0.1, 0.15) is 0 Å². The number of aliphatic hydroxyl groups excluding tert-OH is 1. The highest BCUT2D eigenvalue weighted by molar-refractivity contribution is 7.20. The van der Waals surface area contributed by atoms with Gasteiger partial charge in [0, 0.05) is 23.5 Å². The van der Waals surface area contributed by atoms with Crippen LogP contribution >= 0.6 is 11.3 Å². The van der Waals surface area contributed by atoms with Crippen LogP contribution in [-0.2, 0) is 0 Å². The summed E-state index contributed by atoms with van der Waals surface area (Å²) >= 11 is 1.49. The van der Waals surface area contributed by atoms with Gasteiger partial charge in [0.2, 0.25) is 0 Å². The first-order valence-electron chi connectivity index (χ1n) is 6.89. The van der Waals surface area contributed by atoms with Crippen LogP contribution in [0, 0.1) is 0 Å². The van der Waals surface area contributed by atoms with Gasteiger partial charge in [-0.25, -0.2) is 0 Å². The van der Waals surface area contributed by atoms with Gasteiger partial charge in [0.25, 0.3) is 5.91 Å². The molecule has 108 valence electrons. The summed E-state index contributed by atoms with van der Waals surface area (Å²) in [6.07, 6.45) is 3.83. The maximum atomic E-state index is 12.0. The van der Waals surface area contributed by atoms with E-state index in [-0.39, 0.29) is 12.5 Å². The number of benzene rings is 1. The summed E-state index contributed by atoms with van der Waals surface area (Å²) in [6, 6.07) is 7.57. The summed E-state index contributed by atoms with van der Waals surface area (Å²) in [6.45, 7) is 0.928. The number of carbonyl (C=O) groups excluding carboxylic acids is 1. The quantitative estimate of drug-likeness (QED) is 0.542. The lowest BCUT2D eigenvalue weighted by Gasteiger charge is -2.02. The predicted octanol–water partition coefficient (Wildman–Crippen LogP) is 2.77. The second-order valence-corrected chi connectivity index (χ2v) is 5.89. The minimum absolute atomic E-state index is 0.0214. The van der Waals surface area contributed by atoms with Crippen molar-refractivity contribution in [3.63, 3.8) is 0 Å². The average Bonchev–Trinajstić information content (AvgIpc) is 2.85. The number of carbonyl (C=O) groups is 1. The summed E-state index contributed by atoms with van der Waals surface area (Å²) in [5.74, 6) is -0.0214. The van der Waals surface area contributed by atoms with Gasteiger partial charge in [0.05, 0.1) is 4.88 Å². The Morgan fingerprint density at radius 3 is 2.80 bits per heavy atom. The van der Waals surface area contributed by atoms with Crippen LogP contribution in [-0.4, -0.2) is 24.2 Å². The maximum Gasteiger partial charge on any atom is 0.261 e. The number of fused-ring (bicyclic) bond motifs is 1. The fourth-order valence-corrected chi connectivity index (χ4v) is 3.01. The Hall–Kier alpha value is -1.59. The maximum absolute atomic E-state index is 12.0. The van der Waals surface area contributed by atoms with Gasteiger partial charge in [-0.15, -0.1) is 11.3 Å². The highest BCUT2D eigenvalue weighted by Gasteiger charge is 2.09. The molecule has 0 bridgehead atoms. The molecule has 0 unspecified atom stereocenters. The van der Waals surface area contributed by atoms with Gasteiger partial charge in [-0.05, 0) is 42.5 Å². The van der Waals surface area contributed by atoms with Crippen LogP contribution in [0.25, 0.3) is 10.1 Å². The Bertz CT molecular complexity index is 580. The van der Waals surface area contributed by atoms with Crippen LogP contribution in [0.2, 0.25) is 0 Å². The molecule has 1 aromatic carbocycles. The van der Waals surface area contributed by atoms with E-state index in [0.717, 1.165) is 40.6 Å². The molecule has 1 amide bonds. The molecule has 20 heavy (non-hydrogen) atoms. The van der Waals surface area contributed by atoms with Crippen LogP contribution in [0.4, 0.5) is 5.69 Å². The van der Waals surface area contributed by atoms with E-state index >= 15 is 0 Å². The Labute approximate surface area is 122 Å². The minimum Gasteiger partial charge on any atom is -0.399 e. The van der Waals surface area contributed by atoms with Gasteiger partial charge < -0.3 is 16.2 Å². The summed E-state index contributed by atoms with van der Waals surface area (Å²) < 4.78 is 1.08. The van der Waals surface area contributed by atoms with E-state index < -0.39 is 0 Å². The number of rotatable bonds is 7. The number of amides is 1. The van der Waals surface area contributed by atoms with Crippen molar-refractivity contribution >= 4 is 33.0 Å². The zero-order chi connectivity index (χ0) is 14.4. The molecule has 0 aliphatic carbocycles. The number of aliphatic hydroxyl groups is 1. The average molecular weight is 292 g/mol. The van der Waals surface area contributed by atoms with E-state index in [1.165, 1.54) is 11.3 Å². The molecule has 0 radical (unpaired) electrons. The molecule has 0 saturated carbocycles. The molecule has 4 nitrogen and oxygen atoms in total. The number of nitrogens with two attached hydrogens (primary N) is 1. The third-order valence-corrected chi connectivity index (χ3v) is 4.25. The molecule has 0 saturated heterocycles. The van der Waals surface area contributed by atoms with Crippen molar-refractivity contribution in [1.82, 2.24) is 5.32 Å². The molecule has 0 atom stereocenters. The second kappa shape index (κ2) is 7.26. The largest absolute Gasteiger partial charge is 0.399 e. The lowest BCUT2D eigenvalue weighted by atomic mass is 10.2. The van der Waals surface area contributed by atoms with Crippen LogP contribution in [0.1, 0.15) is 35.4 Å². The number of thiophene rings is 1. The van der Waals surface area contributed by atoms with E-state index in [4.69, 9.17) is 10.8 Å². The second-order valence-electron chi connectivity index (χ2n) is 4.80. The number of unbranched alkanes of at least 4 members (excludes halogenated alkanes) is 3. The summed E-state index contributed by atoms with van der Waals surface area (Å²) in [5.41, 5.74) is 6.45. The fraction of sp³-hybridized carbons (Fsp3) is 0.400. The SMILES string of the molecule is Nc1ccc2sc(C(=O)NCCCCCCO)cc2c1. The van der Waals surface area contributed by atoms with Crippen LogP contribution in [0.3, 0.4) is 0 Å². The lowest BCUT2D eigenvalue weighted by Crippen LogP contribution is -2.23. The smallest absolute Gasteiger partial charge is 0.261 e. The molecule has 0 fully saturated rings. The third kappa shape index (κ3) is 3.95. The molecule has 0 aliphatic heterocycles. The molecule has 1 heterocycles. The predicted molar refractivity (Wildman–Crippen MR) is 84.1 cm³/mol. The van der Waals surface area contributed by atoms with Crippen LogP contribution in [0.15, 0.2) is 24.3 Å². The highest BCUT2D eigenvalue weighted by Crippen LogP contribution is 2.27. The zero-order valence-corrected chi connectivity index (χ0v) is 12.2. The van der Waals surface area contributed by atoms with E-state index in [2.05, 4.69) is 5.32 Å². The van der Waals surface area contributed by atoms with Crippen molar-refractivity contribution < 1.29 is 9.90 Å². The standard InChI is InChI=1S/C15H20N2O2S/c16-12-5-6-13-11(9-12)10-14(20-13)15(19)17-7-3-1-2-4-8-18/h5-6,9-10,18H,1-4,7-8,16H2,(H,17,19). The Morgan fingerprint density at radius 2 is 2.00 bits per heavy atom. The number of nitrogens with one attached hydrogen (secondary N) is 1. The van der Waals surface area contributed by atoms with Crippen molar-refractivity contribution in [2.75, 3.05) is 18.9 Å². The molecular formula is C15H20N2O2S. The van der Waals surface area contributed by atoms with Gasteiger partial charge in [-0.1, -0.05) is 12.8 Å². The Kier molecular flexibility index (Phi) is 5.38. The fourth-order valence-electron chi connectivity index (χ4n) is 2.05. The molecule has 0 aliphatic rings. The molecular weight excluding hydrogens is 272 g/mol. The monoisotopic (exact) mass is 292 g/mol. The molecule has 1 aromatic heterocycles. The summed E-state index contributed by atoms with van der Waals surface area (Å²) in [7, 11) is 0. The Balaban J connectivity index is 1.85. The topological polar surface area (TPSA) is 75.4 Å². The van der Waals surface area contributed by atoms with Gasteiger partial charge >= 0.3 is 0 Å². The first-order valence-corrected chi connectivity index (χ1v) is 7.70. The van der Waals surface area contributed by atoms with E-state index in [1.54, 1.807) is 0 Å². The van der Waals surface area contributed by atoms with Crippen LogP contribution < -0.4 is 11.1 Å². The van der Waals surface area contributed by atoms with Crippen LogP contribution in [0.5, 0.6) is 0 Å². The number of hydrogen-bond acceptors (Lipinski definition) is 4. The van der Waals surface area contributed by atoms with E-state index in [9.17, 15) is 4.79 Å². The normalized spacial score (nSPS) is 10.8. The van der Waals surface area contributed by atoms with Crippen molar-refractivity contribution in [2.24, 2.45) is 0 Å². The van der Waals surface area contributed by atoms with Crippen molar-refractivity contribution in [1.29, 1.82) is 0 Å². The summed E-state index contributed by atoms with van der Waals surface area (Å²) in [5, 5.41) is 12.6. The molecule has 2 aromatic rings. The number of hydrogen-bond donors (Lipinski definition) is 3. The van der Waals surface area contributed by atoms with Gasteiger partial charge in [-0.3, -0.25) is 4.79 Å². The van der Waals surface area contributed by atoms with E-state index in [0.29, 0.717) is 12.2 Å². The first-order chi connectivity index (χ1) is 9.70. The Morgan fingerprint density at radius 1 is 1.20 bits per heavy atom. The molecule has 0 spiro atoms.